The zero-order chi connectivity index (χ0) is 10.8. The number of nitrogens with two attached hydrogens (primary N) is 1. The third-order valence-corrected chi connectivity index (χ3v) is 3.55. The second kappa shape index (κ2) is 4.54. The Balaban J connectivity index is 2.17. The summed E-state index contributed by atoms with van der Waals surface area (Å²) in [6.07, 6.45) is 3.60. The summed E-state index contributed by atoms with van der Waals surface area (Å²) < 4.78 is 1.18. The van der Waals surface area contributed by atoms with Crippen LogP contribution < -0.4 is 10.6 Å². The van der Waals surface area contributed by atoms with E-state index in [9.17, 15) is 0 Å². The van der Waals surface area contributed by atoms with Crippen LogP contribution in [-0.2, 0) is 6.42 Å². The Labute approximate surface area is 99.6 Å². The molecule has 1 fully saturated rings. The number of hydrogen-bond acceptors (Lipinski definition) is 2. The van der Waals surface area contributed by atoms with Gasteiger partial charge in [-0.3, -0.25) is 0 Å². The molecule has 0 aliphatic heterocycles. The predicted octanol–water partition coefficient (Wildman–Crippen LogP) is 2.55. The minimum absolute atomic E-state index is 0.713. The lowest BCUT2D eigenvalue weighted by Gasteiger charge is -2.20. The van der Waals surface area contributed by atoms with Gasteiger partial charge in [0.15, 0.2) is 0 Å². The van der Waals surface area contributed by atoms with E-state index in [0.29, 0.717) is 6.54 Å². The zero-order valence-electron chi connectivity index (χ0n) is 9.04. The summed E-state index contributed by atoms with van der Waals surface area (Å²) in [6, 6.07) is 7.29. The topological polar surface area (TPSA) is 29.3 Å². The molecule has 0 amide bonds. The average molecular weight is 269 g/mol. The molecule has 0 radical (unpaired) electrons. The molecule has 0 atom stereocenters. The van der Waals surface area contributed by atoms with Gasteiger partial charge in [-0.2, -0.15) is 0 Å². The van der Waals surface area contributed by atoms with Gasteiger partial charge in [-0.15, -0.1) is 0 Å². The third kappa shape index (κ3) is 2.52. The number of anilines is 1. The van der Waals surface area contributed by atoms with Crippen molar-refractivity contribution in [1.82, 2.24) is 0 Å². The minimum Gasteiger partial charge on any atom is -0.371 e. The normalized spacial score (nSPS) is 15.4. The van der Waals surface area contributed by atoms with Crippen LogP contribution in [0.3, 0.4) is 0 Å². The first kappa shape index (κ1) is 11.0. The van der Waals surface area contributed by atoms with E-state index in [2.05, 4.69) is 46.1 Å². The van der Waals surface area contributed by atoms with Crippen molar-refractivity contribution < 1.29 is 0 Å². The van der Waals surface area contributed by atoms with Gasteiger partial charge in [0.25, 0.3) is 0 Å². The maximum atomic E-state index is 5.54. The van der Waals surface area contributed by atoms with Crippen molar-refractivity contribution in [2.24, 2.45) is 5.73 Å². The molecule has 2 nitrogen and oxygen atoms in total. The van der Waals surface area contributed by atoms with Gasteiger partial charge in [0.05, 0.1) is 5.69 Å². The molecular formula is C12H17BrN2. The fourth-order valence-electron chi connectivity index (χ4n) is 1.82. The maximum absolute atomic E-state index is 5.54. The molecule has 0 spiro atoms. The second-order valence-electron chi connectivity index (χ2n) is 4.17. The van der Waals surface area contributed by atoms with Gasteiger partial charge < -0.3 is 10.6 Å². The SMILES string of the molecule is CN(c1ccc(CCN)cc1Br)C1CC1. The minimum atomic E-state index is 0.713. The predicted molar refractivity (Wildman–Crippen MR) is 68.3 cm³/mol. The van der Waals surface area contributed by atoms with Crippen molar-refractivity contribution in [2.75, 3.05) is 18.5 Å². The molecule has 0 heterocycles. The Kier molecular flexibility index (Phi) is 3.32. The summed E-state index contributed by atoms with van der Waals surface area (Å²) in [4.78, 5) is 2.36. The highest BCUT2D eigenvalue weighted by Gasteiger charge is 2.27. The molecule has 0 bridgehead atoms. The van der Waals surface area contributed by atoms with Gasteiger partial charge in [0, 0.05) is 17.6 Å². The summed E-state index contributed by atoms with van der Waals surface area (Å²) in [6.45, 7) is 0.713. The highest BCUT2D eigenvalue weighted by molar-refractivity contribution is 9.10. The molecule has 1 aromatic carbocycles. The molecule has 2 N–H and O–H groups in total. The second-order valence-corrected chi connectivity index (χ2v) is 5.02. The Morgan fingerprint density at radius 3 is 2.73 bits per heavy atom. The number of nitrogens with zero attached hydrogens (tertiary/aromatic N) is 1. The third-order valence-electron chi connectivity index (χ3n) is 2.92. The van der Waals surface area contributed by atoms with Crippen LogP contribution in [0.4, 0.5) is 5.69 Å². The number of halogens is 1. The first-order valence-corrected chi connectivity index (χ1v) is 6.23. The maximum Gasteiger partial charge on any atom is 0.0510 e. The largest absolute Gasteiger partial charge is 0.371 e. The molecule has 0 aromatic heterocycles. The van der Waals surface area contributed by atoms with Crippen LogP contribution in [0.15, 0.2) is 22.7 Å². The lowest BCUT2D eigenvalue weighted by molar-refractivity contribution is 0.910. The van der Waals surface area contributed by atoms with E-state index in [-0.39, 0.29) is 0 Å². The highest BCUT2D eigenvalue weighted by atomic mass is 79.9. The van der Waals surface area contributed by atoms with Gasteiger partial charge in [-0.25, -0.2) is 0 Å². The van der Waals surface area contributed by atoms with Crippen molar-refractivity contribution in [3.63, 3.8) is 0 Å². The van der Waals surface area contributed by atoms with Crippen molar-refractivity contribution in [1.29, 1.82) is 0 Å². The van der Waals surface area contributed by atoms with E-state index < -0.39 is 0 Å². The van der Waals surface area contributed by atoms with Crippen molar-refractivity contribution in [2.45, 2.75) is 25.3 Å². The lowest BCUT2D eigenvalue weighted by Crippen LogP contribution is -2.19. The molecule has 0 unspecified atom stereocenters. The molecule has 82 valence electrons. The van der Waals surface area contributed by atoms with Gasteiger partial charge in [-0.05, 0) is 59.4 Å². The number of benzene rings is 1. The van der Waals surface area contributed by atoms with Crippen LogP contribution in [0.1, 0.15) is 18.4 Å². The van der Waals surface area contributed by atoms with Gasteiger partial charge >= 0.3 is 0 Å². The fraction of sp³-hybridized carbons (Fsp3) is 0.500. The van der Waals surface area contributed by atoms with E-state index in [1.165, 1.54) is 28.6 Å². The van der Waals surface area contributed by atoms with Crippen molar-refractivity contribution >= 4 is 21.6 Å². The molecule has 1 aromatic rings. The Morgan fingerprint density at radius 1 is 1.47 bits per heavy atom. The van der Waals surface area contributed by atoms with E-state index in [1.54, 1.807) is 0 Å². The average Bonchev–Trinajstić information content (AvgIpc) is 3.01. The van der Waals surface area contributed by atoms with Gasteiger partial charge in [-0.1, -0.05) is 6.07 Å². The van der Waals surface area contributed by atoms with E-state index >= 15 is 0 Å². The quantitative estimate of drug-likeness (QED) is 0.910. The van der Waals surface area contributed by atoms with Crippen molar-refractivity contribution in [3.8, 4) is 0 Å². The standard InChI is InChI=1S/C12H17BrN2/c1-15(10-3-4-10)12-5-2-9(6-7-14)8-11(12)13/h2,5,8,10H,3-4,6-7,14H2,1H3. The summed E-state index contributed by atoms with van der Waals surface area (Å²) in [5, 5.41) is 0. The summed E-state index contributed by atoms with van der Waals surface area (Å²) >= 11 is 3.63. The summed E-state index contributed by atoms with van der Waals surface area (Å²) in [7, 11) is 2.17. The Bertz CT molecular complexity index is 347. The molecular weight excluding hydrogens is 252 g/mol. The van der Waals surface area contributed by atoms with E-state index in [0.717, 1.165) is 12.5 Å². The smallest absolute Gasteiger partial charge is 0.0510 e. The molecule has 1 aliphatic carbocycles. The van der Waals surface area contributed by atoms with Gasteiger partial charge in [0.2, 0.25) is 0 Å². The molecule has 15 heavy (non-hydrogen) atoms. The molecule has 3 heteroatoms. The zero-order valence-corrected chi connectivity index (χ0v) is 10.6. The van der Waals surface area contributed by atoms with E-state index in [4.69, 9.17) is 5.73 Å². The van der Waals surface area contributed by atoms with Gasteiger partial charge in [0.1, 0.15) is 0 Å². The Morgan fingerprint density at radius 2 is 2.20 bits per heavy atom. The number of hydrogen-bond donors (Lipinski definition) is 1. The lowest BCUT2D eigenvalue weighted by atomic mass is 10.1. The first-order valence-electron chi connectivity index (χ1n) is 5.43. The number of rotatable bonds is 4. The van der Waals surface area contributed by atoms with E-state index in [1.807, 2.05) is 0 Å². The van der Waals surface area contributed by atoms with Crippen LogP contribution >= 0.6 is 15.9 Å². The van der Waals surface area contributed by atoms with Crippen molar-refractivity contribution in [3.05, 3.63) is 28.2 Å². The van der Waals surface area contributed by atoms with Crippen LogP contribution in [0.25, 0.3) is 0 Å². The molecule has 1 aliphatic rings. The van der Waals surface area contributed by atoms with Crippen LogP contribution in [-0.4, -0.2) is 19.6 Å². The molecule has 1 saturated carbocycles. The first-order chi connectivity index (χ1) is 7.22. The summed E-state index contributed by atoms with van der Waals surface area (Å²) in [5.41, 5.74) is 8.13. The monoisotopic (exact) mass is 268 g/mol. The van der Waals surface area contributed by atoms with Crippen LogP contribution in [0, 0.1) is 0 Å². The molecule has 2 rings (SSSR count). The summed E-state index contributed by atoms with van der Waals surface area (Å²) in [5.74, 6) is 0. The highest BCUT2D eigenvalue weighted by Crippen LogP contribution is 2.34. The molecule has 0 saturated heterocycles. The van der Waals surface area contributed by atoms with Crippen LogP contribution in [0.2, 0.25) is 0 Å². The fourth-order valence-corrected chi connectivity index (χ4v) is 2.52. The van der Waals surface area contributed by atoms with Crippen LogP contribution in [0.5, 0.6) is 0 Å². The Hall–Kier alpha value is -0.540.